The van der Waals surface area contributed by atoms with E-state index >= 15 is 0 Å². The molecule has 1 aromatic heterocycles. The zero-order chi connectivity index (χ0) is 10.1. The molecule has 0 aromatic carbocycles. The zero-order valence-electron chi connectivity index (χ0n) is 8.79. The molecule has 1 N–H and O–H groups in total. The molecule has 1 aliphatic heterocycles. The number of imidazole rings is 1. The van der Waals surface area contributed by atoms with E-state index in [1.165, 1.54) is 13.0 Å². The van der Waals surface area contributed by atoms with Gasteiger partial charge in [-0.05, 0) is 32.1 Å². The second-order valence-electron chi connectivity index (χ2n) is 4.06. The van der Waals surface area contributed by atoms with Crippen LogP contribution in [0.4, 0.5) is 0 Å². The molecular weight excluding hydrogens is 194 g/mol. The molecule has 0 saturated carbocycles. The Labute approximate surface area is 89.7 Å². The van der Waals surface area contributed by atoms with Gasteiger partial charge in [0.2, 0.25) is 0 Å². The van der Waals surface area contributed by atoms with Crippen molar-refractivity contribution in [3.05, 3.63) is 16.7 Å². The smallest absolute Gasteiger partial charge is 0.177 e. The van der Waals surface area contributed by atoms with Gasteiger partial charge in [0.15, 0.2) is 4.77 Å². The lowest BCUT2D eigenvalue weighted by atomic mass is 10.1. The van der Waals surface area contributed by atoms with Crippen molar-refractivity contribution in [1.29, 1.82) is 0 Å². The van der Waals surface area contributed by atoms with Gasteiger partial charge in [-0.3, -0.25) is 4.90 Å². The Bertz CT molecular complexity index is 360. The van der Waals surface area contributed by atoms with E-state index < -0.39 is 0 Å². The summed E-state index contributed by atoms with van der Waals surface area (Å²) in [4.78, 5) is 5.63. The van der Waals surface area contributed by atoms with Gasteiger partial charge < -0.3 is 9.55 Å². The van der Waals surface area contributed by atoms with E-state index in [0.29, 0.717) is 6.04 Å². The topological polar surface area (TPSA) is 24.0 Å². The van der Waals surface area contributed by atoms with Crippen LogP contribution in [0.25, 0.3) is 0 Å². The lowest BCUT2D eigenvalue weighted by molar-refractivity contribution is 0.106. The minimum atomic E-state index is 0.596. The number of aryl methyl sites for hydroxylation is 1. The maximum atomic E-state index is 5.24. The molecule has 0 amide bonds. The van der Waals surface area contributed by atoms with Gasteiger partial charge in [-0.1, -0.05) is 6.92 Å². The van der Waals surface area contributed by atoms with Gasteiger partial charge in [-0.15, -0.1) is 0 Å². The highest BCUT2D eigenvalue weighted by molar-refractivity contribution is 7.71. The van der Waals surface area contributed by atoms with Crippen LogP contribution in [0.2, 0.25) is 0 Å². The molecule has 1 fully saturated rings. The third kappa shape index (κ3) is 1.77. The van der Waals surface area contributed by atoms with Crippen molar-refractivity contribution in [3.63, 3.8) is 0 Å². The normalized spacial score (nSPS) is 18.4. The maximum absolute atomic E-state index is 5.24. The van der Waals surface area contributed by atoms with Gasteiger partial charge in [-0.2, -0.15) is 0 Å². The molecule has 1 aliphatic rings. The number of hydrogen-bond acceptors (Lipinski definition) is 2. The second kappa shape index (κ2) is 3.87. The first-order valence-electron chi connectivity index (χ1n) is 5.21. The number of aromatic amines is 1. The standard InChI is InChI=1S/C10H17N3S/c1-3-4-12-6-9(7-12)13-5-8(2)11-10(13)14/h5,9H,3-4,6-7H2,1-2H3,(H,11,14). The molecule has 3 nitrogen and oxygen atoms in total. The van der Waals surface area contributed by atoms with Crippen molar-refractivity contribution in [1.82, 2.24) is 14.5 Å². The molecule has 0 unspecified atom stereocenters. The Hall–Kier alpha value is -0.610. The van der Waals surface area contributed by atoms with Crippen LogP contribution in [0.15, 0.2) is 6.20 Å². The fourth-order valence-corrected chi connectivity index (χ4v) is 2.38. The number of hydrogen-bond donors (Lipinski definition) is 1. The first kappa shape index (κ1) is 9.93. The predicted octanol–water partition coefficient (Wildman–Crippen LogP) is 2.12. The molecule has 0 radical (unpaired) electrons. The van der Waals surface area contributed by atoms with E-state index in [1.54, 1.807) is 0 Å². The van der Waals surface area contributed by atoms with E-state index in [-0.39, 0.29) is 0 Å². The van der Waals surface area contributed by atoms with Gasteiger partial charge >= 0.3 is 0 Å². The lowest BCUT2D eigenvalue weighted by Gasteiger charge is -2.39. The second-order valence-corrected chi connectivity index (χ2v) is 4.45. The van der Waals surface area contributed by atoms with Crippen molar-refractivity contribution < 1.29 is 0 Å². The quantitative estimate of drug-likeness (QED) is 0.774. The average molecular weight is 211 g/mol. The third-order valence-corrected chi connectivity index (χ3v) is 3.06. The molecule has 1 aromatic rings. The Morgan fingerprint density at radius 1 is 1.57 bits per heavy atom. The van der Waals surface area contributed by atoms with Gasteiger partial charge in [-0.25, -0.2) is 0 Å². The van der Waals surface area contributed by atoms with Crippen molar-refractivity contribution in [2.45, 2.75) is 26.3 Å². The third-order valence-electron chi connectivity index (χ3n) is 2.74. The summed E-state index contributed by atoms with van der Waals surface area (Å²) < 4.78 is 3.06. The minimum Gasteiger partial charge on any atom is -0.335 e. The lowest BCUT2D eigenvalue weighted by Crippen LogP contribution is -2.47. The number of aromatic nitrogens is 2. The van der Waals surface area contributed by atoms with E-state index in [1.807, 2.05) is 0 Å². The molecule has 2 heterocycles. The molecule has 1 saturated heterocycles. The Balaban J connectivity index is 1.99. The highest BCUT2D eigenvalue weighted by Gasteiger charge is 2.27. The van der Waals surface area contributed by atoms with Crippen LogP contribution >= 0.6 is 12.2 Å². The van der Waals surface area contributed by atoms with Crippen molar-refractivity contribution in [3.8, 4) is 0 Å². The Morgan fingerprint density at radius 2 is 2.29 bits per heavy atom. The molecule has 0 atom stereocenters. The van der Waals surface area contributed by atoms with E-state index in [4.69, 9.17) is 12.2 Å². The number of likely N-dealkylation sites (tertiary alicyclic amines) is 1. The summed E-state index contributed by atoms with van der Waals surface area (Å²) in [7, 11) is 0. The van der Waals surface area contributed by atoms with Crippen molar-refractivity contribution >= 4 is 12.2 Å². The summed E-state index contributed by atoms with van der Waals surface area (Å²) in [6, 6.07) is 0.596. The molecule has 0 aliphatic carbocycles. The van der Waals surface area contributed by atoms with Crippen LogP contribution in [0.5, 0.6) is 0 Å². The molecule has 2 rings (SSSR count). The molecule has 4 heteroatoms. The van der Waals surface area contributed by atoms with Crippen LogP contribution in [-0.2, 0) is 0 Å². The number of H-pyrrole nitrogens is 1. The van der Waals surface area contributed by atoms with E-state index in [0.717, 1.165) is 23.6 Å². The molecule has 0 bridgehead atoms. The van der Waals surface area contributed by atoms with E-state index in [9.17, 15) is 0 Å². The molecular formula is C10H17N3S. The SMILES string of the molecule is CCCN1CC(n2cc(C)[nH]c2=S)C1. The first-order valence-corrected chi connectivity index (χ1v) is 5.61. The zero-order valence-corrected chi connectivity index (χ0v) is 9.60. The number of nitrogens with one attached hydrogen (secondary N) is 1. The van der Waals surface area contributed by atoms with Crippen molar-refractivity contribution in [2.24, 2.45) is 0 Å². The summed E-state index contributed by atoms with van der Waals surface area (Å²) in [5.41, 5.74) is 1.16. The summed E-state index contributed by atoms with van der Waals surface area (Å²) in [6.07, 6.45) is 3.36. The van der Waals surface area contributed by atoms with Gasteiger partial charge in [0, 0.05) is 25.0 Å². The fourth-order valence-electron chi connectivity index (χ4n) is 2.02. The van der Waals surface area contributed by atoms with Crippen LogP contribution in [0.3, 0.4) is 0 Å². The largest absolute Gasteiger partial charge is 0.335 e. The highest BCUT2D eigenvalue weighted by atomic mass is 32.1. The summed E-state index contributed by atoms with van der Waals surface area (Å²) >= 11 is 5.24. The molecule has 0 spiro atoms. The van der Waals surface area contributed by atoms with Gasteiger partial charge in [0.1, 0.15) is 0 Å². The Kier molecular flexibility index (Phi) is 2.74. The summed E-state index contributed by atoms with van der Waals surface area (Å²) in [6.45, 7) is 7.79. The first-order chi connectivity index (χ1) is 6.70. The highest BCUT2D eigenvalue weighted by Crippen LogP contribution is 2.21. The Morgan fingerprint density at radius 3 is 2.79 bits per heavy atom. The van der Waals surface area contributed by atoms with Crippen LogP contribution in [0, 0.1) is 11.7 Å². The van der Waals surface area contributed by atoms with Crippen molar-refractivity contribution in [2.75, 3.05) is 19.6 Å². The number of rotatable bonds is 3. The van der Waals surface area contributed by atoms with Gasteiger partial charge in [0.25, 0.3) is 0 Å². The fraction of sp³-hybridized carbons (Fsp3) is 0.700. The summed E-state index contributed by atoms with van der Waals surface area (Å²) in [5, 5.41) is 0. The predicted molar refractivity (Wildman–Crippen MR) is 60.1 cm³/mol. The van der Waals surface area contributed by atoms with E-state index in [2.05, 4.69) is 34.5 Å². The molecule has 14 heavy (non-hydrogen) atoms. The van der Waals surface area contributed by atoms with Crippen LogP contribution in [-0.4, -0.2) is 34.1 Å². The minimum absolute atomic E-state index is 0.596. The monoisotopic (exact) mass is 211 g/mol. The van der Waals surface area contributed by atoms with Crippen LogP contribution < -0.4 is 0 Å². The number of nitrogens with zero attached hydrogens (tertiary/aromatic N) is 2. The van der Waals surface area contributed by atoms with Gasteiger partial charge in [0.05, 0.1) is 6.04 Å². The molecule has 78 valence electrons. The average Bonchev–Trinajstić information content (AvgIpc) is 2.37. The van der Waals surface area contributed by atoms with Crippen LogP contribution in [0.1, 0.15) is 25.1 Å². The summed E-state index contributed by atoms with van der Waals surface area (Å²) in [5.74, 6) is 0. The maximum Gasteiger partial charge on any atom is 0.177 e.